The van der Waals surface area contributed by atoms with E-state index in [0.29, 0.717) is 11.6 Å². The largest absolute Gasteiger partial charge is 0.396 e. The molecule has 1 unspecified atom stereocenters. The van der Waals surface area contributed by atoms with Gasteiger partial charge in [-0.1, -0.05) is 49.4 Å². The van der Waals surface area contributed by atoms with Crippen molar-refractivity contribution in [1.82, 2.24) is 0 Å². The van der Waals surface area contributed by atoms with E-state index in [2.05, 4.69) is 37.4 Å². The van der Waals surface area contributed by atoms with E-state index in [1.54, 1.807) is 18.7 Å². The summed E-state index contributed by atoms with van der Waals surface area (Å²) in [6, 6.07) is 18.2. The third-order valence-corrected chi connectivity index (χ3v) is 4.20. The van der Waals surface area contributed by atoms with Gasteiger partial charge in [0.2, 0.25) is 0 Å². The fourth-order valence-electron chi connectivity index (χ4n) is 1.98. The lowest BCUT2D eigenvalue weighted by Gasteiger charge is -2.09. The van der Waals surface area contributed by atoms with Crippen molar-refractivity contribution in [2.45, 2.75) is 31.1 Å². The van der Waals surface area contributed by atoms with Crippen molar-refractivity contribution in [2.75, 3.05) is 12.9 Å². The Morgan fingerprint density at radius 2 is 1.68 bits per heavy atom. The van der Waals surface area contributed by atoms with Gasteiger partial charge in [-0.15, -0.1) is 11.8 Å². The van der Waals surface area contributed by atoms with Crippen LogP contribution in [0.1, 0.15) is 37.3 Å². The van der Waals surface area contributed by atoms with E-state index < -0.39 is 0 Å². The number of rotatable bonds is 5. The molecule has 1 atom stereocenters. The Morgan fingerprint density at radius 3 is 2.09 bits per heavy atom. The first-order valence-electron chi connectivity index (χ1n) is 7.43. The number of hydrogen-bond acceptors (Lipinski definition) is 3. The highest BCUT2D eigenvalue weighted by atomic mass is 32.2. The summed E-state index contributed by atoms with van der Waals surface area (Å²) in [6.07, 6.45) is 2.92. The Balaban J connectivity index is 0.000000235. The maximum atomic E-state index is 8.79. The van der Waals surface area contributed by atoms with Crippen LogP contribution in [0.3, 0.4) is 0 Å². The molecule has 0 saturated heterocycles. The number of thioether (sulfide) groups is 1. The van der Waals surface area contributed by atoms with Crippen LogP contribution >= 0.6 is 11.8 Å². The van der Waals surface area contributed by atoms with Gasteiger partial charge in [0.15, 0.2) is 0 Å². The Labute approximate surface area is 138 Å². The summed E-state index contributed by atoms with van der Waals surface area (Å²) < 4.78 is 0. The van der Waals surface area contributed by atoms with Crippen LogP contribution in [0.25, 0.3) is 0 Å². The maximum absolute atomic E-state index is 8.79. The predicted molar refractivity (Wildman–Crippen MR) is 97.3 cm³/mol. The van der Waals surface area contributed by atoms with Crippen molar-refractivity contribution in [3.8, 4) is 0 Å². The van der Waals surface area contributed by atoms with Crippen LogP contribution in [0.2, 0.25) is 0 Å². The monoisotopic (exact) mass is 315 g/mol. The minimum Gasteiger partial charge on any atom is -0.396 e. The van der Waals surface area contributed by atoms with E-state index in [9.17, 15) is 0 Å². The molecule has 0 fully saturated rings. The zero-order valence-corrected chi connectivity index (χ0v) is 14.4. The fourth-order valence-corrected chi connectivity index (χ4v) is 2.39. The zero-order chi connectivity index (χ0) is 16.4. The summed E-state index contributed by atoms with van der Waals surface area (Å²) in [4.78, 5) is 1.29. The lowest BCUT2D eigenvalue weighted by Crippen LogP contribution is -1.96. The second-order valence-corrected chi connectivity index (χ2v) is 6.06. The van der Waals surface area contributed by atoms with Crippen molar-refractivity contribution in [3.63, 3.8) is 0 Å². The molecule has 0 aliphatic heterocycles. The van der Waals surface area contributed by atoms with Gasteiger partial charge in [-0.05, 0) is 48.8 Å². The second kappa shape index (κ2) is 10.2. The average molecular weight is 315 g/mol. The highest BCUT2D eigenvalue weighted by Gasteiger charge is 2.03. The standard InChI is InChI=1S/C11H16OS.C8H9N/c1-9(7-8-12)10-3-5-11(13-2)6-4-10;1-7(9)8-5-3-2-4-6-8/h3-6,9,12H,7-8H2,1-2H3;2-6,9H,1H3. The second-order valence-electron chi connectivity index (χ2n) is 5.18. The van der Waals surface area contributed by atoms with E-state index in [1.165, 1.54) is 10.5 Å². The van der Waals surface area contributed by atoms with Gasteiger partial charge in [-0.2, -0.15) is 0 Å². The Hall–Kier alpha value is -1.58. The minimum absolute atomic E-state index is 0.269. The molecule has 118 valence electrons. The molecular weight excluding hydrogens is 290 g/mol. The number of nitrogens with one attached hydrogen (secondary N) is 1. The van der Waals surface area contributed by atoms with Crippen molar-refractivity contribution in [3.05, 3.63) is 65.7 Å². The molecule has 2 nitrogen and oxygen atoms in total. The van der Waals surface area contributed by atoms with E-state index in [4.69, 9.17) is 10.5 Å². The molecule has 2 aromatic rings. The molecule has 22 heavy (non-hydrogen) atoms. The summed E-state index contributed by atoms with van der Waals surface area (Å²) >= 11 is 1.75. The van der Waals surface area contributed by atoms with Crippen LogP contribution in [0.15, 0.2) is 59.5 Å². The van der Waals surface area contributed by atoms with Crippen LogP contribution in [-0.4, -0.2) is 23.7 Å². The highest BCUT2D eigenvalue weighted by Crippen LogP contribution is 2.21. The lowest BCUT2D eigenvalue weighted by molar-refractivity contribution is 0.278. The first-order valence-corrected chi connectivity index (χ1v) is 8.66. The van der Waals surface area contributed by atoms with Crippen LogP contribution < -0.4 is 0 Å². The van der Waals surface area contributed by atoms with Crippen LogP contribution in [0, 0.1) is 5.41 Å². The molecule has 2 N–H and O–H groups in total. The predicted octanol–water partition coefficient (Wildman–Crippen LogP) is 4.97. The van der Waals surface area contributed by atoms with Gasteiger partial charge in [0.25, 0.3) is 0 Å². The van der Waals surface area contributed by atoms with Crippen molar-refractivity contribution in [1.29, 1.82) is 5.41 Å². The zero-order valence-electron chi connectivity index (χ0n) is 13.5. The molecule has 2 aromatic carbocycles. The van der Waals surface area contributed by atoms with E-state index in [1.807, 2.05) is 30.3 Å². The summed E-state index contributed by atoms with van der Waals surface area (Å²) in [5.41, 5.74) is 2.93. The Morgan fingerprint density at radius 1 is 1.09 bits per heavy atom. The topological polar surface area (TPSA) is 44.1 Å². The van der Waals surface area contributed by atoms with E-state index in [-0.39, 0.29) is 6.61 Å². The molecule has 2 rings (SSSR count). The number of hydrogen-bond donors (Lipinski definition) is 2. The maximum Gasteiger partial charge on any atom is 0.0436 e. The van der Waals surface area contributed by atoms with Crippen LogP contribution in [0.5, 0.6) is 0 Å². The van der Waals surface area contributed by atoms with Gasteiger partial charge in [0, 0.05) is 17.2 Å². The van der Waals surface area contributed by atoms with Crippen molar-refractivity contribution in [2.24, 2.45) is 0 Å². The molecule has 0 aliphatic rings. The van der Waals surface area contributed by atoms with Gasteiger partial charge in [0.05, 0.1) is 0 Å². The van der Waals surface area contributed by atoms with Gasteiger partial charge in [-0.3, -0.25) is 0 Å². The molecule has 0 radical (unpaired) electrons. The summed E-state index contributed by atoms with van der Waals surface area (Å²) in [7, 11) is 0. The summed E-state index contributed by atoms with van der Waals surface area (Å²) in [5, 5.41) is 16.0. The molecule has 3 heteroatoms. The Bertz CT molecular complexity index is 551. The first kappa shape index (κ1) is 18.5. The molecule has 0 bridgehead atoms. The molecule has 0 aromatic heterocycles. The molecule has 0 amide bonds. The molecule has 0 heterocycles. The lowest BCUT2D eigenvalue weighted by atomic mass is 9.98. The number of aliphatic hydroxyl groups is 1. The number of benzene rings is 2. The minimum atomic E-state index is 0.269. The van der Waals surface area contributed by atoms with Crippen LogP contribution in [-0.2, 0) is 0 Å². The smallest absolute Gasteiger partial charge is 0.0436 e. The quantitative estimate of drug-likeness (QED) is 0.604. The fraction of sp³-hybridized carbons (Fsp3) is 0.316. The molecule has 0 saturated carbocycles. The normalized spacial score (nSPS) is 11.3. The van der Waals surface area contributed by atoms with E-state index in [0.717, 1.165) is 12.0 Å². The van der Waals surface area contributed by atoms with Gasteiger partial charge < -0.3 is 10.5 Å². The highest BCUT2D eigenvalue weighted by molar-refractivity contribution is 7.98. The van der Waals surface area contributed by atoms with Gasteiger partial charge in [-0.25, -0.2) is 0 Å². The average Bonchev–Trinajstić information content (AvgIpc) is 2.56. The van der Waals surface area contributed by atoms with Crippen LogP contribution in [0.4, 0.5) is 0 Å². The number of aliphatic hydroxyl groups excluding tert-OH is 1. The molecule has 0 spiro atoms. The van der Waals surface area contributed by atoms with Gasteiger partial charge in [0.1, 0.15) is 0 Å². The first-order chi connectivity index (χ1) is 10.6. The van der Waals surface area contributed by atoms with Crippen molar-refractivity contribution < 1.29 is 5.11 Å². The Kier molecular flexibility index (Phi) is 8.56. The molecular formula is C19H25NOS. The summed E-state index contributed by atoms with van der Waals surface area (Å²) in [6.45, 7) is 4.20. The van der Waals surface area contributed by atoms with Gasteiger partial charge >= 0.3 is 0 Å². The van der Waals surface area contributed by atoms with E-state index >= 15 is 0 Å². The third kappa shape index (κ3) is 6.46. The molecule has 0 aliphatic carbocycles. The third-order valence-electron chi connectivity index (χ3n) is 3.45. The summed E-state index contributed by atoms with van der Waals surface area (Å²) in [5.74, 6) is 0.459. The van der Waals surface area contributed by atoms with Crippen molar-refractivity contribution >= 4 is 17.5 Å². The SMILES string of the molecule is CC(=N)c1ccccc1.CSc1ccc(C(C)CCO)cc1.